The van der Waals surface area contributed by atoms with Crippen LogP contribution in [0.4, 0.5) is 17.6 Å². The summed E-state index contributed by atoms with van der Waals surface area (Å²) in [6.07, 6.45) is -5.22. The van der Waals surface area contributed by atoms with Gasteiger partial charge in [0.05, 0.1) is 6.54 Å². The number of aliphatic imine (C=N–C) groups is 1. The molecule has 0 fully saturated rings. The highest BCUT2D eigenvalue weighted by molar-refractivity contribution is 5.79. The summed E-state index contributed by atoms with van der Waals surface area (Å²) in [4.78, 5) is 4.38. The van der Waals surface area contributed by atoms with Crippen LogP contribution in [0.15, 0.2) is 53.5 Å². The van der Waals surface area contributed by atoms with E-state index in [0.29, 0.717) is 18.3 Å². The molecule has 0 bridgehead atoms. The lowest BCUT2D eigenvalue weighted by molar-refractivity contribution is -0.153. The van der Waals surface area contributed by atoms with Crippen molar-refractivity contribution in [3.05, 3.63) is 59.9 Å². The first kappa shape index (κ1) is 24.3. The molecule has 0 aliphatic rings. The highest BCUT2D eigenvalue weighted by Crippen LogP contribution is 2.19. The van der Waals surface area contributed by atoms with Gasteiger partial charge in [0.25, 0.3) is 0 Å². The van der Waals surface area contributed by atoms with Gasteiger partial charge in [-0.15, -0.1) is 0 Å². The maximum Gasteiger partial charge on any atom is 0.422 e. The molecule has 2 rings (SSSR count). The summed E-state index contributed by atoms with van der Waals surface area (Å²) in [6.45, 7) is 1.59. The number of aliphatic hydroxyl groups is 1. The lowest BCUT2D eigenvalue weighted by Gasteiger charge is -2.16. The summed E-state index contributed by atoms with van der Waals surface area (Å²) in [6, 6.07) is 11.6. The molecule has 3 N–H and O–H groups in total. The Bertz CT molecular complexity index is 812. The molecule has 0 aromatic heterocycles. The van der Waals surface area contributed by atoms with E-state index in [2.05, 4.69) is 20.4 Å². The highest BCUT2D eigenvalue weighted by Gasteiger charge is 2.28. The molecule has 1 atom stereocenters. The molecule has 0 aliphatic carbocycles. The van der Waals surface area contributed by atoms with Crippen LogP contribution in [-0.2, 0) is 6.54 Å². The van der Waals surface area contributed by atoms with E-state index < -0.39 is 18.9 Å². The second-order valence-corrected chi connectivity index (χ2v) is 6.54. The SMILES string of the molecule is CCNC(=NCc1ccc(OCC(F)(F)F)cc1)NCC(O)COc1ccc(F)cc1. The van der Waals surface area contributed by atoms with E-state index in [0.717, 1.165) is 5.56 Å². The minimum Gasteiger partial charge on any atom is -0.491 e. The molecule has 0 aliphatic heterocycles. The zero-order chi connectivity index (χ0) is 22.7. The van der Waals surface area contributed by atoms with Crippen LogP contribution in [0.2, 0.25) is 0 Å². The van der Waals surface area contributed by atoms with Gasteiger partial charge in [-0.05, 0) is 48.9 Å². The molecule has 170 valence electrons. The number of hydrogen-bond donors (Lipinski definition) is 3. The van der Waals surface area contributed by atoms with E-state index in [1.807, 2.05) is 6.92 Å². The number of nitrogens with zero attached hydrogens (tertiary/aromatic N) is 1. The van der Waals surface area contributed by atoms with Crippen LogP contribution >= 0.6 is 0 Å². The van der Waals surface area contributed by atoms with Gasteiger partial charge in [-0.25, -0.2) is 9.38 Å². The smallest absolute Gasteiger partial charge is 0.422 e. The number of ether oxygens (including phenoxy) is 2. The average Bonchev–Trinajstić information content (AvgIpc) is 2.74. The Morgan fingerprint density at radius 3 is 2.23 bits per heavy atom. The van der Waals surface area contributed by atoms with Gasteiger partial charge in [0.15, 0.2) is 12.6 Å². The molecule has 0 amide bonds. The fourth-order valence-corrected chi connectivity index (χ4v) is 2.36. The van der Waals surface area contributed by atoms with Gasteiger partial charge in [0, 0.05) is 13.1 Å². The van der Waals surface area contributed by atoms with Gasteiger partial charge in [0.1, 0.15) is 30.0 Å². The number of guanidine groups is 1. The number of hydrogen-bond acceptors (Lipinski definition) is 4. The maximum atomic E-state index is 12.9. The van der Waals surface area contributed by atoms with Crippen LogP contribution in [0.3, 0.4) is 0 Å². The largest absolute Gasteiger partial charge is 0.491 e. The third-order valence-corrected chi connectivity index (χ3v) is 3.85. The average molecular weight is 443 g/mol. The molecule has 1 unspecified atom stereocenters. The van der Waals surface area contributed by atoms with E-state index in [9.17, 15) is 22.7 Å². The van der Waals surface area contributed by atoms with Crippen molar-refractivity contribution in [2.45, 2.75) is 25.7 Å². The number of aliphatic hydroxyl groups excluding tert-OH is 1. The summed E-state index contributed by atoms with van der Waals surface area (Å²) < 4.78 is 59.5. The van der Waals surface area contributed by atoms with E-state index in [1.165, 1.54) is 36.4 Å². The van der Waals surface area contributed by atoms with Crippen molar-refractivity contribution in [2.75, 3.05) is 26.3 Å². The van der Waals surface area contributed by atoms with Crippen LogP contribution in [0.1, 0.15) is 12.5 Å². The first-order chi connectivity index (χ1) is 14.7. The van der Waals surface area contributed by atoms with Gasteiger partial charge >= 0.3 is 6.18 Å². The normalized spacial score (nSPS) is 12.9. The molecule has 0 heterocycles. The van der Waals surface area contributed by atoms with Crippen molar-refractivity contribution in [1.82, 2.24) is 10.6 Å². The predicted octanol–water partition coefficient (Wildman–Crippen LogP) is 3.26. The molecular weight excluding hydrogens is 418 g/mol. The van der Waals surface area contributed by atoms with Crippen molar-refractivity contribution < 1.29 is 32.1 Å². The highest BCUT2D eigenvalue weighted by atomic mass is 19.4. The Morgan fingerprint density at radius 1 is 1.00 bits per heavy atom. The van der Waals surface area contributed by atoms with E-state index in [4.69, 9.17) is 4.74 Å². The third-order valence-electron chi connectivity index (χ3n) is 3.85. The van der Waals surface area contributed by atoms with Gasteiger partial charge in [-0.2, -0.15) is 13.2 Å². The number of nitrogens with one attached hydrogen (secondary N) is 2. The monoisotopic (exact) mass is 443 g/mol. The molecule has 31 heavy (non-hydrogen) atoms. The van der Waals surface area contributed by atoms with Crippen LogP contribution in [0.25, 0.3) is 0 Å². The predicted molar refractivity (Wildman–Crippen MR) is 109 cm³/mol. The molecule has 0 saturated carbocycles. The first-order valence-electron chi connectivity index (χ1n) is 9.62. The van der Waals surface area contributed by atoms with Crippen LogP contribution < -0.4 is 20.1 Å². The zero-order valence-corrected chi connectivity index (χ0v) is 17.0. The summed E-state index contributed by atoms with van der Waals surface area (Å²) in [7, 11) is 0. The Balaban J connectivity index is 1.80. The van der Waals surface area contributed by atoms with E-state index >= 15 is 0 Å². The van der Waals surface area contributed by atoms with E-state index in [-0.39, 0.29) is 31.3 Å². The lowest BCUT2D eigenvalue weighted by Crippen LogP contribution is -2.42. The zero-order valence-electron chi connectivity index (χ0n) is 17.0. The molecule has 10 heteroatoms. The number of halogens is 4. The number of rotatable bonds is 10. The topological polar surface area (TPSA) is 75.1 Å². The molecule has 2 aromatic carbocycles. The Kier molecular flexibility index (Phi) is 9.39. The molecule has 2 aromatic rings. The minimum atomic E-state index is -4.38. The van der Waals surface area contributed by atoms with Crippen molar-refractivity contribution in [1.29, 1.82) is 0 Å². The number of alkyl halides is 3. The lowest BCUT2D eigenvalue weighted by atomic mass is 10.2. The van der Waals surface area contributed by atoms with Crippen molar-refractivity contribution in [3.8, 4) is 11.5 Å². The summed E-state index contributed by atoms with van der Waals surface area (Å²) in [5.41, 5.74) is 0.775. The quantitative estimate of drug-likeness (QED) is 0.299. The standard InChI is InChI=1S/C21H25F4N3O3/c1-2-26-20(28-12-17(29)13-30-18-9-5-16(22)6-10-18)27-11-15-3-7-19(8-4-15)31-14-21(23,24)25/h3-10,17,29H,2,11-14H2,1H3,(H2,26,27,28). The van der Waals surface area contributed by atoms with Gasteiger partial charge in [-0.1, -0.05) is 12.1 Å². The van der Waals surface area contributed by atoms with Crippen molar-refractivity contribution in [3.63, 3.8) is 0 Å². The van der Waals surface area contributed by atoms with Crippen LogP contribution in [0, 0.1) is 5.82 Å². The first-order valence-corrected chi connectivity index (χ1v) is 9.62. The van der Waals surface area contributed by atoms with Gasteiger partial charge in [0.2, 0.25) is 0 Å². The molecular formula is C21H25F4N3O3. The fourth-order valence-electron chi connectivity index (χ4n) is 2.36. The summed E-state index contributed by atoms with van der Waals surface area (Å²) >= 11 is 0. The van der Waals surface area contributed by atoms with Gasteiger partial charge < -0.3 is 25.2 Å². The summed E-state index contributed by atoms with van der Waals surface area (Å²) in [5, 5.41) is 16.1. The second-order valence-electron chi connectivity index (χ2n) is 6.54. The number of benzene rings is 2. The van der Waals surface area contributed by atoms with Crippen molar-refractivity contribution in [2.24, 2.45) is 4.99 Å². The molecule has 6 nitrogen and oxygen atoms in total. The Hall–Kier alpha value is -3.01. The van der Waals surface area contributed by atoms with Gasteiger partial charge in [-0.3, -0.25) is 0 Å². The molecule has 0 radical (unpaired) electrons. The third kappa shape index (κ3) is 10.0. The van der Waals surface area contributed by atoms with E-state index in [1.54, 1.807) is 12.1 Å². The minimum absolute atomic E-state index is 0.0113. The van der Waals surface area contributed by atoms with Crippen LogP contribution in [-0.4, -0.2) is 49.6 Å². The maximum absolute atomic E-state index is 12.9. The van der Waals surface area contributed by atoms with Crippen molar-refractivity contribution >= 4 is 5.96 Å². The molecule has 0 saturated heterocycles. The second kappa shape index (κ2) is 12.0. The summed E-state index contributed by atoms with van der Waals surface area (Å²) in [5.74, 6) is 0.660. The Morgan fingerprint density at radius 2 is 1.61 bits per heavy atom. The fraction of sp³-hybridized carbons (Fsp3) is 0.381. The molecule has 0 spiro atoms. The van der Waals surface area contributed by atoms with Crippen LogP contribution in [0.5, 0.6) is 11.5 Å². The Labute approximate surface area is 177 Å².